The molecule has 3 nitrogen and oxygen atoms in total. The molecule has 92 valence electrons. The first kappa shape index (κ1) is 13.1. The van der Waals surface area contributed by atoms with E-state index in [1.54, 1.807) is 30.3 Å². The largest absolute Gasteiger partial charge is 0.307 e. The summed E-state index contributed by atoms with van der Waals surface area (Å²) in [4.78, 5) is 15.9. The van der Waals surface area contributed by atoms with Crippen molar-refractivity contribution in [1.82, 2.24) is 4.98 Å². The van der Waals surface area contributed by atoms with Crippen molar-refractivity contribution in [2.45, 2.75) is 5.33 Å². The fraction of sp³-hybridized carbons (Fsp3) is 0.0769. The number of rotatable bonds is 3. The van der Waals surface area contributed by atoms with Gasteiger partial charge in [0.15, 0.2) is 0 Å². The number of amides is 1. The van der Waals surface area contributed by atoms with E-state index in [2.05, 4.69) is 26.2 Å². The van der Waals surface area contributed by atoms with Crippen LogP contribution in [0.3, 0.4) is 0 Å². The van der Waals surface area contributed by atoms with E-state index >= 15 is 0 Å². The zero-order chi connectivity index (χ0) is 13.0. The maximum absolute atomic E-state index is 11.9. The molecule has 0 aliphatic heterocycles. The van der Waals surface area contributed by atoms with Crippen molar-refractivity contribution in [2.75, 3.05) is 5.32 Å². The first-order chi connectivity index (χ1) is 8.69. The summed E-state index contributed by atoms with van der Waals surface area (Å²) in [6.45, 7) is 0. The van der Waals surface area contributed by atoms with Crippen LogP contribution in [0.1, 0.15) is 15.9 Å². The van der Waals surface area contributed by atoms with Crippen molar-refractivity contribution in [3.05, 3.63) is 58.7 Å². The summed E-state index contributed by atoms with van der Waals surface area (Å²) in [5.74, 6) is 0.239. The first-order valence-electron chi connectivity index (χ1n) is 5.28. The van der Waals surface area contributed by atoms with Gasteiger partial charge < -0.3 is 5.32 Å². The van der Waals surface area contributed by atoms with E-state index < -0.39 is 0 Å². The Morgan fingerprint density at radius 1 is 1.22 bits per heavy atom. The summed E-state index contributed by atoms with van der Waals surface area (Å²) in [6.07, 6.45) is 0. The van der Waals surface area contributed by atoms with Gasteiger partial charge in [-0.2, -0.15) is 0 Å². The number of nitrogens with zero attached hydrogens (tertiary/aromatic N) is 1. The normalized spacial score (nSPS) is 10.1. The topological polar surface area (TPSA) is 42.0 Å². The maximum Gasteiger partial charge on any atom is 0.256 e. The Labute approximate surface area is 118 Å². The van der Waals surface area contributed by atoms with E-state index in [9.17, 15) is 4.79 Å². The van der Waals surface area contributed by atoms with E-state index in [4.69, 9.17) is 11.6 Å². The van der Waals surface area contributed by atoms with Crippen LogP contribution >= 0.6 is 27.5 Å². The number of carbonyl (C=O) groups is 1. The Balaban J connectivity index is 2.11. The lowest BCUT2D eigenvalue weighted by molar-refractivity contribution is 0.102. The van der Waals surface area contributed by atoms with Crippen molar-refractivity contribution in [3.8, 4) is 0 Å². The Morgan fingerprint density at radius 3 is 2.56 bits per heavy atom. The highest BCUT2D eigenvalue weighted by atomic mass is 79.9. The lowest BCUT2D eigenvalue weighted by atomic mass is 10.1. The highest BCUT2D eigenvalue weighted by Crippen LogP contribution is 2.12. The number of pyridine rings is 1. The summed E-state index contributed by atoms with van der Waals surface area (Å²) in [6, 6.07) is 12.4. The monoisotopic (exact) mass is 324 g/mol. The van der Waals surface area contributed by atoms with Crippen LogP contribution in [0.2, 0.25) is 5.15 Å². The minimum atomic E-state index is -0.203. The van der Waals surface area contributed by atoms with Crippen LogP contribution in [0, 0.1) is 0 Å². The van der Waals surface area contributed by atoms with Gasteiger partial charge in [-0.3, -0.25) is 4.79 Å². The highest BCUT2D eigenvalue weighted by molar-refractivity contribution is 9.08. The van der Waals surface area contributed by atoms with Gasteiger partial charge in [0.25, 0.3) is 5.91 Å². The molecule has 1 N–H and O–H groups in total. The summed E-state index contributed by atoms with van der Waals surface area (Å²) in [7, 11) is 0. The van der Waals surface area contributed by atoms with Crippen molar-refractivity contribution in [3.63, 3.8) is 0 Å². The van der Waals surface area contributed by atoms with E-state index in [1.165, 1.54) is 0 Å². The summed E-state index contributed by atoms with van der Waals surface area (Å²) >= 11 is 9.10. The van der Waals surface area contributed by atoms with Gasteiger partial charge in [0, 0.05) is 10.9 Å². The molecule has 2 aromatic rings. The third-order valence-corrected chi connectivity index (χ3v) is 3.19. The van der Waals surface area contributed by atoms with Gasteiger partial charge in [0.05, 0.1) is 0 Å². The minimum absolute atomic E-state index is 0.203. The van der Waals surface area contributed by atoms with E-state index in [-0.39, 0.29) is 5.91 Å². The molecule has 0 aliphatic rings. The summed E-state index contributed by atoms with van der Waals surface area (Å²) < 4.78 is 0. The summed E-state index contributed by atoms with van der Waals surface area (Å²) in [5, 5.41) is 3.81. The standard InChI is InChI=1S/C13H10BrClN2O/c14-8-9-4-6-10(7-5-9)13(18)17-12-3-1-2-11(15)16-12/h1-7H,8H2,(H,16,17,18). The lowest BCUT2D eigenvalue weighted by Gasteiger charge is -2.05. The zero-order valence-electron chi connectivity index (χ0n) is 9.36. The molecular formula is C13H10BrClN2O. The predicted octanol–water partition coefficient (Wildman–Crippen LogP) is 3.88. The SMILES string of the molecule is O=C(Nc1cccc(Cl)n1)c1ccc(CBr)cc1. The van der Waals surface area contributed by atoms with Crippen LogP contribution in [-0.2, 0) is 5.33 Å². The van der Waals surface area contributed by atoms with E-state index in [0.717, 1.165) is 10.9 Å². The second kappa shape index (κ2) is 5.98. The molecule has 1 heterocycles. The van der Waals surface area contributed by atoms with E-state index in [0.29, 0.717) is 16.5 Å². The molecule has 0 aliphatic carbocycles. The predicted molar refractivity (Wildman–Crippen MR) is 76.3 cm³/mol. The average Bonchev–Trinajstić information content (AvgIpc) is 2.39. The number of carbonyl (C=O) groups excluding carboxylic acids is 1. The Bertz CT molecular complexity index is 557. The average molecular weight is 326 g/mol. The van der Waals surface area contributed by atoms with Gasteiger partial charge in [0.1, 0.15) is 11.0 Å². The molecule has 5 heteroatoms. The number of anilines is 1. The molecule has 0 saturated heterocycles. The van der Waals surface area contributed by atoms with Crippen LogP contribution in [0.4, 0.5) is 5.82 Å². The third-order valence-electron chi connectivity index (χ3n) is 2.33. The maximum atomic E-state index is 11.9. The fourth-order valence-electron chi connectivity index (χ4n) is 1.41. The van der Waals surface area contributed by atoms with Gasteiger partial charge >= 0.3 is 0 Å². The molecular weight excluding hydrogens is 316 g/mol. The fourth-order valence-corrected chi connectivity index (χ4v) is 1.95. The third kappa shape index (κ3) is 3.31. The molecule has 1 aromatic heterocycles. The van der Waals surface area contributed by atoms with Crippen LogP contribution in [0.15, 0.2) is 42.5 Å². The van der Waals surface area contributed by atoms with Gasteiger partial charge in [-0.15, -0.1) is 0 Å². The van der Waals surface area contributed by atoms with Crippen LogP contribution < -0.4 is 5.32 Å². The Morgan fingerprint density at radius 2 is 1.94 bits per heavy atom. The quantitative estimate of drug-likeness (QED) is 0.687. The highest BCUT2D eigenvalue weighted by Gasteiger charge is 2.06. The Hall–Kier alpha value is -1.39. The van der Waals surface area contributed by atoms with Gasteiger partial charge in [-0.25, -0.2) is 4.98 Å². The van der Waals surface area contributed by atoms with Crippen LogP contribution in [-0.4, -0.2) is 10.9 Å². The smallest absolute Gasteiger partial charge is 0.256 e. The second-order valence-corrected chi connectivity index (χ2v) is 4.58. The second-order valence-electron chi connectivity index (χ2n) is 3.63. The van der Waals surface area contributed by atoms with Crippen molar-refractivity contribution >= 4 is 39.3 Å². The zero-order valence-corrected chi connectivity index (χ0v) is 11.7. The lowest BCUT2D eigenvalue weighted by Crippen LogP contribution is -2.12. The molecule has 0 bridgehead atoms. The molecule has 0 radical (unpaired) electrons. The molecule has 0 atom stereocenters. The number of hydrogen-bond acceptors (Lipinski definition) is 2. The molecule has 1 amide bonds. The van der Waals surface area contributed by atoms with Crippen molar-refractivity contribution in [2.24, 2.45) is 0 Å². The van der Waals surface area contributed by atoms with Gasteiger partial charge in [-0.1, -0.05) is 45.7 Å². The Kier molecular flexibility index (Phi) is 4.33. The van der Waals surface area contributed by atoms with Crippen molar-refractivity contribution < 1.29 is 4.79 Å². The van der Waals surface area contributed by atoms with Crippen LogP contribution in [0.25, 0.3) is 0 Å². The van der Waals surface area contributed by atoms with Gasteiger partial charge in [-0.05, 0) is 29.8 Å². The molecule has 0 unspecified atom stereocenters. The first-order valence-corrected chi connectivity index (χ1v) is 6.78. The number of hydrogen-bond donors (Lipinski definition) is 1. The van der Waals surface area contributed by atoms with Crippen LogP contribution in [0.5, 0.6) is 0 Å². The molecule has 1 aromatic carbocycles. The number of nitrogens with one attached hydrogen (secondary N) is 1. The molecule has 18 heavy (non-hydrogen) atoms. The summed E-state index contributed by atoms with van der Waals surface area (Å²) in [5.41, 5.74) is 1.70. The number of aromatic nitrogens is 1. The number of halogens is 2. The molecule has 0 saturated carbocycles. The van der Waals surface area contributed by atoms with Crippen molar-refractivity contribution in [1.29, 1.82) is 0 Å². The molecule has 0 spiro atoms. The molecule has 0 fully saturated rings. The van der Waals surface area contributed by atoms with Gasteiger partial charge in [0.2, 0.25) is 0 Å². The van der Waals surface area contributed by atoms with E-state index in [1.807, 2.05) is 12.1 Å². The number of alkyl halides is 1. The number of benzene rings is 1. The molecule has 2 rings (SSSR count). The minimum Gasteiger partial charge on any atom is -0.307 e.